The summed E-state index contributed by atoms with van der Waals surface area (Å²) in [6.45, 7) is 4.86. The van der Waals surface area contributed by atoms with E-state index in [2.05, 4.69) is 15.3 Å². The average molecular weight is 358 g/mol. The predicted octanol–water partition coefficient (Wildman–Crippen LogP) is 1.88. The maximum absolute atomic E-state index is 12.5. The number of ether oxygens (including phenoxy) is 1. The van der Waals surface area contributed by atoms with Crippen LogP contribution in [-0.4, -0.2) is 52.4 Å². The van der Waals surface area contributed by atoms with E-state index in [0.29, 0.717) is 18.2 Å². The van der Waals surface area contributed by atoms with Crippen molar-refractivity contribution in [2.45, 2.75) is 57.2 Å². The molecule has 142 valence electrons. The highest BCUT2D eigenvalue weighted by Crippen LogP contribution is 2.38. The van der Waals surface area contributed by atoms with Gasteiger partial charge in [0.1, 0.15) is 0 Å². The highest BCUT2D eigenvalue weighted by atomic mass is 16.5. The Bertz CT molecular complexity index is 697. The summed E-state index contributed by atoms with van der Waals surface area (Å²) in [5.74, 6) is 1.60. The summed E-state index contributed by atoms with van der Waals surface area (Å²) in [6.07, 6.45) is 8.39. The molecule has 0 radical (unpaired) electrons. The number of carbonyl (C=O) groups is 1. The van der Waals surface area contributed by atoms with Gasteiger partial charge in [0, 0.05) is 50.9 Å². The molecule has 0 aromatic carbocycles. The summed E-state index contributed by atoms with van der Waals surface area (Å²) in [5, 5.41) is 7.59. The van der Waals surface area contributed by atoms with Gasteiger partial charge in [-0.1, -0.05) is 0 Å². The van der Waals surface area contributed by atoms with Crippen LogP contribution in [0, 0.1) is 11.8 Å². The van der Waals surface area contributed by atoms with Gasteiger partial charge in [-0.25, -0.2) is 0 Å². The minimum Gasteiger partial charge on any atom is -0.370 e. The van der Waals surface area contributed by atoms with E-state index < -0.39 is 0 Å². The molecule has 1 aromatic heterocycles. The lowest BCUT2D eigenvalue weighted by atomic mass is 9.83. The molecule has 4 aliphatic rings. The summed E-state index contributed by atoms with van der Waals surface area (Å²) in [7, 11) is 1.97. The third-order valence-corrected chi connectivity index (χ3v) is 6.73. The number of carbonyl (C=O) groups excluding carboxylic acids is 1. The summed E-state index contributed by atoms with van der Waals surface area (Å²) < 4.78 is 8.30. The molecule has 2 aliphatic heterocycles. The Kier molecular flexibility index (Phi) is 4.09. The molecule has 6 heteroatoms. The van der Waals surface area contributed by atoms with Crippen molar-refractivity contribution in [2.75, 3.05) is 26.2 Å². The van der Waals surface area contributed by atoms with E-state index in [0.717, 1.165) is 50.4 Å². The lowest BCUT2D eigenvalue weighted by molar-refractivity contribution is -0.103. The topological polar surface area (TPSA) is 59.4 Å². The first-order chi connectivity index (χ1) is 12.6. The van der Waals surface area contributed by atoms with Crippen molar-refractivity contribution in [1.82, 2.24) is 20.0 Å². The van der Waals surface area contributed by atoms with Crippen LogP contribution in [0.2, 0.25) is 0 Å². The van der Waals surface area contributed by atoms with Gasteiger partial charge in [-0.05, 0) is 50.4 Å². The third kappa shape index (κ3) is 3.29. The lowest BCUT2D eigenvalue weighted by Crippen LogP contribution is -2.49. The Morgan fingerprint density at radius 3 is 2.65 bits per heavy atom. The smallest absolute Gasteiger partial charge is 0.272 e. The third-order valence-electron chi connectivity index (χ3n) is 6.73. The highest BCUT2D eigenvalue weighted by molar-refractivity contribution is 5.94. The van der Waals surface area contributed by atoms with E-state index in [1.54, 1.807) is 0 Å². The van der Waals surface area contributed by atoms with Crippen LogP contribution < -0.4 is 5.32 Å². The fraction of sp³-hybridized carbons (Fsp3) is 0.800. The predicted molar refractivity (Wildman–Crippen MR) is 97.9 cm³/mol. The van der Waals surface area contributed by atoms with Crippen LogP contribution in [0.1, 0.15) is 60.3 Å². The van der Waals surface area contributed by atoms with E-state index in [1.165, 1.54) is 37.9 Å². The average Bonchev–Trinajstić information content (AvgIpc) is 3.56. The second-order valence-corrected chi connectivity index (χ2v) is 8.94. The first-order valence-electron chi connectivity index (χ1n) is 10.3. The van der Waals surface area contributed by atoms with Crippen molar-refractivity contribution in [3.8, 4) is 0 Å². The maximum Gasteiger partial charge on any atom is 0.272 e. The number of aryl methyl sites for hydroxylation is 1. The van der Waals surface area contributed by atoms with Crippen molar-refractivity contribution in [3.05, 3.63) is 17.0 Å². The van der Waals surface area contributed by atoms with Gasteiger partial charge in [-0.15, -0.1) is 0 Å². The molecule has 6 nitrogen and oxygen atoms in total. The lowest BCUT2D eigenvalue weighted by Gasteiger charge is -2.44. The van der Waals surface area contributed by atoms with Gasteiger partial charge in [0.25, 0.3) is 5.91 Å². The quantitative estimate of drug-likeness (QED) is 0.873. The van der Waals surface area contributed by atoms with Crippen molar-refractivity contribution in [1.29, 1.82) is 0 Å². The molecular formula is C20H30N4O2. The number of likely N-dealkylation sites (tertiary alicyclic amines) is 1. The van der Waals surface area contributed by atoms with Gasteiger partial charge in [-0.3, -0.25) is 9.48 Å². The minimum absolute atomic E-state index is 0.0347. The van der Waals surface area contributed by atoms with Crippen molar-refractivity contribution >= 4 is 5.91 Å². The van der Waals surface area contributed by atoms with E-state index in [1.807, 2.05) is 11.7 Å². The molecule has 1 N–H and O–H groups in total. The summed E-state index contributed by atoms with van der Waals surface area (Å²) >= 11 is 0. The number of hydrogen-bond acceptors (Lipinski definition) is 4. The van der Waals surface area contributed by atoms with Crippen LogP contribution in [0.15, 0.2) is 0 Å². The molecule has 1 saturated heterocycles. The molecule has 1 aromatic rings. The highest BCUT2D eigenvalue weighted by Gasteiger charge is 2.42. The first-order valence-corrected chi connectivity index (χ1v) is 10.3. The van der Waals surface area contributed by atoms with Gasteiger partial charge < -0.3 is 15.0 Å². The number of nitrogens with one attached hydrogen (secondary N) is 1. The van der Waals surface area contributed by atoms with Crippen molar-refractivity contribution < 1.29 is 9.53 Å². The van der Waals surface area contributed by atoms with Crippen LogP contribution in [0.3, 0.4) is 0 Å². The summed E-state index contributed by atoms with van der Waals surface area (Å²) in [6, 6.07) is 0. The van der Waals surface area contributed by atoms with Crippen LogP contribution in [0.25, 0.3) is 0 Å². The number of rotatable bonds is 5. The molecule has 3 fully saturated rings. The molecular weight excluding hydrogens is 328 g/mol. The molecule has 1 amide bonds. The van der Waals surface area contributed by atoms with Gasteiger partial charge in [0.05, 0.1) is 12.2 Å². The van der Waals surface area contributed by atoms with Crippen LogP contribution in [0.5, 0.6) is 0 Å². The normalized spacial score (nSPS) is 25.3. The number of piperidine rings is 1. The molecule has 0 bridgehead atoms. The zero-order valence-corrected chi connectivity index (χ0v) is 15.8. The number of hydrogen-bond donors (Lipinski definition) is 1. The number of aromatic nitrogens is 2. The SMILES string of the molecule is Cn1nc(C(=O)NCC2CC2)c2c1CC1(CCN(CC3CC3)CC1)OC2. The van der Waals surface area contributed by atoms with E-state index in [-0.39, 0.29) is 11.5 Å². The van der Waals surface area contributed by atoms with E-state index >= 15 is 0 Å². The van der Waals surface area contributed by atoms with E-state index in [4.69, 9.17) is 4.74 Å². The standard InChI is InChI=1S/C20H30N4O2/c1-23-17-10-20(6-8-24(9-7-20)12-15-4-5-15)26-13-16(17)18(22-23)19(25)21-11-14-2-3-14/h14-15H,2-13H2,1H3,(H,21,25). The second-order valence-electron chi connectivity index (χ2n) is 8.94. The second kappa shape index (κ2) is 6.34. The zero-order chi connectivity index (χ0) is 17.7. The fourth-order valence-corrected chi connectivity index (χ4v) is 4.51. The van der Waals surface area contributed by atoms with Gasteiger partial charge in [-0.2, -0.15) is 5.10 Å². The van der Waals surface area contributed by atoms with Crippen LogP contribution >= 0.6 is 0 Å². The molecule has 5 rings (SSSR count). The minimum atomic E-state index is -0.0530. The summed E-state index contributed by atoms with van der Waals surface area (Å²) in [5.41, 5.74) is 2.72. The van der Waals surface area contributed by atoms with Crippen LogP contribution in [-0.2, 0) is 24.8 Å². The van der Waals surface area contributed by atoms with E-state index in [9.17, 15) is 4.79 Å². The molecule has 3 heterocycles. The Hall–Kier alpha value is -1.40. The molecule has 2 saturated carbocycles. The Morgan fingerprint density at radius 2 is 1.96 bits per heavy atom. The molecule has 2 aliphatic carbocycles. The molecule has 0 atom stereocenters. The Balaban J connectivity index is 1.26. The van der Waals surface area contributed by atoms with Gasteiger partial charge in [0.2, 0.25) is 0 Å². The number of nitrogens with zero attached hydrogens (tertiary/aromatic N) is 3. The maximum atomic E-state index is 12.5. The monoisotopic (exact) mass is 358 g/mol. The first kappa shape index (κ1) is 16.8. The molecule has 26 heavy (non-hydrogen) atoms. The number of fused-ring (bicyclic) bond motifs is 1. The zero-order valence-electron chi connectivity index (χ0n) is 15.8. The summed E-state index contributed by atoms with van der Waals surface area (Å²) in [4.78, 5) is 15.1. The molecule has 1 spiro atoms. The Morgan fingerprint density at radius 1 is 1.23 bits per heavy atom. The van der Waals surface area contributed by atoms with Gasteiger partial charge in [0.15, 0.2) is 5.69 Å². The van der Waals surface area contributed by atoms with Gasteiger partial charge >= 0.3 is 0 Å². The largest absolute Gasteiger partial charge is 0.370 e. The van der Waals surface area contributed by atoms with Crippen molar-refractivity contribution in [2.24, 2.45) is 18.9 Å². The molecule has 0 unspecified atom stereocenters. The van der Waals surface area contributed by atoms with Crippen molar-refractivity contribution in [3.63, 3.8) is 0 Å². The fourth-order valence-electron chi connectivity index (χ4n) is 4.51. The Labute approximate surface area is 155 Å². The number of amides is 1. The van der Waals surface area contributed by atoms with Crippen LogP contribution in [0.4, 0.5) is 0 Å².